The first-order chi connectivity index (χ1) is 15.3. The van der Waals surface area contributed by atoms with Crippen molar-refractivity contribution in [1.29, 1.82) is 0 Å². The van der Waals surface area contributed by atoms with Crippen molar-refractivity contribution in [2.24, 2.45) is 14.1 Å². The summed E-state index contributed by atoms with van der Waals surface area (Å²) >= 11 is 12.6. The number of aromatic nitrogens is 6. The van der Waals surface area contributed by atoms with Crippen LogP contribution in [0.1, 0.15) is 11.4 Å². The Hall–Kier alpha value is -3.36. The van der Waals surface area contributed by atoms with Gasteiger partial charge in [0.1, 0.15) is 5.82 Å². The highest BCUT2D eigenvalue weighted by Crippen LogP contribution is 2.24. The molecule has 0 saturated carbocycles. The van der Waals surface area contributed by atoms with Gasteiger partial charge in [0.25, 0.3) is 5.56 Å². The van der Waals surface area contributed by atoms with Gasteiger partial charge in [-0.25, -0.2) is 9.78 Å². The monoisotopic (exact) mass is 468 g/mol. The number of benzene rings is 2. The number of halogens is 2. The number of imidazole rings is 2. The fourth-order valence-corrected chi connectivity index (χ4v) is 4.31. The summed E-state index contributed by atoms with van der Waals surface area (Å²) in [5.41, 5.74) is 2.31. The van der Waals surface area contributed by atoms with Crippen LogP contribution in [0.4, 0.5) is 0 Å². The molecule has 162 valence electrons. The van der Waals surface area contributed by atoms with Crippen LogP contribution < -0.4 is 11.2 Å². The van der Waals surface area contributed by atoms with Gasteiger partial charge in [-0.3, -0.25) is 13.9 Å². The lowest BCUT2D eigenvalue weighted by molar-refractivity contribution is 0.676. The lowest BCUT2D eigenvalue weighted by Crippen LogP contribution is -2.37. The van der Waals surface area contributed by atoms with Gasteiger partial charge in [-0.15, -0.1) is 0 Å². The Kier molecular flexibility index (Phi) is 4.91. The van der Waals surface area contributed by atoms with E-state index in [0.717, 1.165) is 21.2 Å². The first-order valence-electron chi connectivity index (χ1n) is 9.85. The minimum absolute atomic E-state index is 0.106. The molecule has 0 aliphatic rings. The Morgan fingerprint density at radius 1 is 0.875 bits per heavy atom. The third-order valence-corrected chi connectivity index (χ3v) is 6.10. The second-order valence-electron chi connectivity index (χ2n) is 7.58. The molecule has 3 heterocycles. The van der Waals surface area contributed by atoms with E-state index in [9.17, 15) is 9.59 Å². The summed E-state index contributed by atoms with van der Waals surface area (Å²) in [5, 5.41) is 0.693. The van der Waals surface area contributed by atoms with Gasteiger partial charge < -0.3 is 9.13 Å². The van der Waals surface area contributed by atoms with E-state index in [2.05, 4.69) is 9.55 Å². The molecule has 0 unspecified atom stereocenters. The van der Waals surface area contributed by atoms with E-state index < -0.39 is 11.2 Å². The molecule has 0 aliphatic carbocycles. The summed E-state index contributed by atoms with van der Waals surface area (Å²) in [6.07, 6.45) is 0. The zero-order valence-corrected chi connectivity index (χ0v) is 18.8. The quantitative estimate of drug-likeness (QED) is 0.379. The molecule has 0 N–H and O–H groups in total. The van der Waals surface area contributed by atoms with Crippen molar-refractivity contribution in [2.45, 2.75) is 13.1 Å². The Balaban J connectivity index is 1.72. The van der Waals surface area contributed by atoms with Gasteiger partial charge in [0.05, 0.1) is 17.6 Å². The molecule has 0 amide bonds. The fourth-order valence-electron chi connectivity index (χ4n) is 3.92. The van der Waals surface area contributed by atoms with Gasteiger partial charge in [-0.05, 0) is 35.4 Å². The van der Waals surface area contributed by atoms with E-state index in [1.807, 2.05) is 42.5 Å². The summed E-state index contributed by atoms with van der Waals surface area (Å²) in [6, 6.07) is 15.6. The number of rotatable bonds is 4. The minimum Gasteiger partial charge on any atom is -0.322 e. The lowest BCUT2D eigenvalue weighted by Gasteiger charge is -2.11. The van der Waals surface area contributed by atoms with Gasteiger partial charge in [0.2, 0.25) is 5.28 Å². The van der Waals surface area contributed by atoms with Crippen LogP contribution in [0.3, 0.4) is 0 Å². The molecule has 0 fully saturated rings. The van der Waals surface area contributed by atoms with Crippen molar-refractivity contribution in [3.63, 3.8) is 0 Å². The van der Waals surface area contributed by atoms with Crippen molar-refractivity contribution in [3.8, 4) is 0 Å². The highest BCUT2D eigenvalue weighted by Gasteiger charge is 2.21. The molecule has 0 atom stereocenters. The van der Waals surface area contributed by atoms with Gasteiger partial charge >= 0.3 is 5.69 Å². The smallest absolute Gasteiger partial charge is 0.322 e. The van der Waals surface area contributed by atoms with Crippen molar-refractivity contribution in [1.82, 2.24) is 28.2 Å². The molecule has 32 heavy (non-hydrogen) atoms. The molecule has 0 saturated heterocycles. The van der Waals surface area contributed by atoms with Crippen LogP contribution in [0.15, 0.2) is 58.1 Å². The summed E-state index contributed by atoms with van der Waals surface area (Å²) in [5.74, 6) is 0.684. The molecule has 5 rings (SSSR count). The second kappa shape index (κ2) is 7.65. The molecule has 2 aromatic carbocycles. The number of fused-ring (bicyclic) bond motifs is 2. The molecule has 0 bridgehead atoms. The maximum absolute atomic E-state index is 12.9. The van der Waals surface area contributed by atoms with Crippen LogP contribution in [-0.2, 0) is 27.2 Å². The third-order valence-electron chi connectivity index (χ3n) is 5.57. The molecule has 0 spiro atoms. The van der Waals surface area contributed by atoms with E-state index >= 15 is 0 Å². The zero-order chi connectivity index (χ0) is 22.6. The van der Waals surface area contributed by atoms with Gasteiger partial charge in [-0.1, -0.05) is 41.9 Å². The third kappa shape index (κ3) is 3.23. The van der Waals surface area contributed by atoms with Crippen LogP contribution in [0.5, 0.6) is 0 Å². The molecular weight excluding hydrogens is 451 g/mol. The highest BCUT2D eigenvalue weighted by molar-refractivity contribution is 6.31. The van der Waals surface area contributed by atoms with E-state index in [0.29, 0.717) is 17.4 Å². The van der Waals surface area contributed by atoms with E-state index in [4.69, 9.17) is 28.2 Å². The van der Waals surface area contributed by atoms with Crippen molar-refractivity contribution in [3.05, 3.63) is 91.1 Å². The molecular formula is C22H18Cl2N6O2. The first-order valence-corrected chi connectivity index (χ1v) is 10.6. The predicted octanol–water partition coefficient (Wildman–Crippen LogP) is 3.19. The van der Waals surface area contributed by atoms with Crippen LogP contribution in [-0.4, -0.2) is 28.2 Å². The number of hydrogen-bond acceptors (Lipinski definition) is 4. The Morgan fingerprint density at radius 2 is 1.62 bits per heavy atom. The Bertz CT molecular complexity index is 1610. The van der Waals surface area contributed by atoms with Crippen LogP contribution in [0, 0.1) is 0 Å². The summed E-state index contributed by atoms with van der Waals surface area (Å²) in [4.78, 5) is 34.2. The fraction of sp³-hybridized carbons (Fsp3) is 0.182. The second-order valence-corrected chi connectivity index (χ2v) is 8.35. The van der Waals surface area contributed by atoms with E-state index in [1.165, 1.54) is 11.6 Å². The largest absolute Gasteiger partial charge is 0.332 e. The number of nitrogens with zero attached hydrogens (tertiary/aromatic N) is 6. The molecule has 0 aliphatic heterocycles. The molecule has 5 aromatic rings. The average Bonchev–Trinajstić information content (AvgIpc) is 3.29. The molecule has 8 nitrogen and oxygen atoms in total. The van der Waals surface area contributed by atoms with Gasteiger partial charge in [0, 0.05) is 25.7 Å². The topological polar surface area (TPSA) is 79.6 Å². The van der Waals surface area contributed by atoms with Crippen LogP contribution in [0.25, 0.3) is 22.2 Å². The predicted molar refractivity (Wildman–Crippen MR) is 125 cm³/mol. The SMILES string of the molecule is Cn1c(=O)c2c(nc(Cl)n2Cc2nc3cc(Cl)ccc3n2Cc2ccccc2)n(C)c1=O. The van der Waals surface area contributed by atoms with E-state index in [1.54, 1.807) is 17.7 Å². The van der Waals surface area contributed by atoms with E-state index in [-0.39, 0.29) is 23.0 Å². The molecule has 0 radical (unpaired) electrons. The number of aryl methyl sites for hydroxylation is 1. The van der Waals surface area contributed by atoms with Crippen molar-refractivity contribution < 1.29 is 0 Å². The normalized spacial score (nSPS) is 11.6. The zero-order valence-electron chi connectivity index (χ0n) is 17.3. The summed E-state index contributed by atoms with van der Waals surface area (Å²) in [6.45, 7) is 0.775. The van der Waals surface area contributed by atoms with Crippen LogP contribution in [0.2, 0.25) is 10.3 Å². The lowest BCUT2D eigenvalue weighted by atomic mass is 10.2. The van der Waals surface area contributed by atoms with Crippen molar-refractivity contribution >= 4 is 45.4 Å². The summed E-state index contributed by atoms with van der Waals surface area (Å²) < 4.78 is 6.01. The maximum atomic E-state index is 12.9. The maximum Gasteiger partial charge on any atom is 0.332 e. The van der Waals surface area contributed by atoms with Crippen LogP contribution >= 0.6 is 23.2 Å². The summed E-state index contributed by atoms with van der Waals surface area (Å²) in [7, 11) is 2.99. The molecule has 10 heteroatoms. The van der Waals surface area contributed by atoms with Gasteiger partial charge in [-0.2, -0.15) is 4.98 Å². The number of hydrogen-bond donors (Lipinski definition) is 0. The Morgan fingerprint density at radius 3 is 2.38 bits per heavy atom. The first kappa shape index (κ1) is 20.5. The minimum atomic E-state index is -0.463. The standard InChI is InChI=1S/C22H18Cl2N6O2/c1-27-19-18(20(31)28(2)22(27)32)30(21(24)26-19)12-17-25-15-10-14(23)8-9-16(15)29(17)11-13-6-4-3-5-7-13/h3-10H,11-12H2,1-2H3. The van der Waals surface area contributed by atoms with Gasteiger partial charge in [0.15, 0.2) is 11.2 Å². The Labute approximate surface area is 191 Å². The highest BCUT2D eigenvalue weighted by atomic mass is 35.5. The average molecular weight is 469 g/mol. The van der Waals surface area contributed by atoms with Crippen molar-refractivity contribution in [2.75, 3.05) is 0 Å². The molecule has 3 aromatic heterocycles.